The Morgan fingerprint density at radius 1 is 1.43 bits per heavy atom. The van der Waals surface area contributed by atoms with Crippen molar-refractivity contribution in [1.29, 1.82) is 0 Å². The first-order chi connectivity index (χ1) is 3.12. The van der Waals surface area contributed by atoms with E-state index >= 15 is 0 Å². The average Bonchev–Trinajstić information content (AvgIpc) is 1.68. The van der Waals surface area contributed by atoms with Crippen molar-refractivity contribution in [3.8, 4) is 0 Å². The van der Waals surface area contributed by atoms with Gasteiger partial charge in [0.25, 0.3) is 0 Å². The zero-order valence-electron chi connectivity index (χ0n) is 5.07. The summed E-state index contributed by atoms with van der Waals surface area (Å²) in [5, 5.41) is 0. The van der Waals surface area contributed by atoms with Gasteiger partial charge in [0, 0.05) is 0 Å². The second kappa shape index (κ2) is 2.94. The third-order valence-electron chi connectivity index (χ3n) is 1.32. The average molecular weight is 210 g/mol. The van der Waals surface area contributed by atoms with Crippen LogP contribution in [0.25, 0.3) is 0 Å². The molecule has 0 unspecified atom stereocenters. The Morgan fingerprint density at radius 2 is 1.71 bits per heavy atom. The summed E-state index contributed by atoms with van der Waals surface area (Å²) < 4.78 is 0.213. The van der Waals surface area contributed by atoms with Gasteiger partial charge >= 0.3 is 58.9 Å². The molecule has 0 aromatic carbocycles. The molecule has 0 rings (SSSR count). The quantitative estimate of drug-likeness (QED) is 0.642. The van der Waals surface area contributed by atoms with E-state index in [0.717, 1.165) is 12.8 Å². The number of nitrogens with two attached hydrogens (primary N) is 1. The molecule has 0 heterocycles. The standard InChI is InChI=1S/C5H12N.Sb.2H/c1-3-5(6)4-2;;;/h3-4,6H2,1-2H3;;;. The van der Waals surface area contributed by atoms with Crippen molar-refractivity contribution in [1.82, 2.24) is 0 Å². The van der Waals surface area contributed by atoms with Crippen LogP contribution in [0.15, 0.2) is 0 Å². The fourth-order valence-corrected chi connectivity index (χ4v) is 0.250. The van der Waals surface area contributed by atoms with Crippen LogP contribution in [0.1, 0.15) is 26.7 Å². The molecule has 0 saturated carbocycles. The predicted molar refractivity (Wildman–Crippen MR) is 36.0 cm³/mol. The topological polar surface area (TPSA) is 26.0 Å². The van der Waals surface area contributed by atoms with E-state index in [2.05, 4.69) is 13.8 Å². The van der Waals surface area contributed by atoms with E-state index in [1.165, 1.54) is 23.0 Å². The summed E-state index contributed by atoms with van der Waals surface area (Å²) in [4.78, 5) is 0. The zero-order valence-corrected chi connectivity index (χ0v) is 8.36. The van der Waals surface area contributed by atoms with Gasteiger partial charge in [0.05, 0.1) is 0 Å². The first kappa shape index (κ1) is 7.78. The van der Waals surface area contributed by atoms with Crippen LogP contribution in [0.5, 0.6) is 0 Å². The molecule has 7 heavy (non-hydrogen) atoms. The van der Waals surface area contributed by atoms with Crippen molar-refractivity contribution in [3.05, 3.63) is 0 Å². The van der Waals surface area contributed by atoms with Crippen LogP contribution in [-0.2, 0) is 0 Å². The molecule has 0 saturated heterocycles. The minimum atomic E-state index is 0.213. The van der Waals surface area contributed by atoms with Gasteiger partial charge in [-0.3, -0.25) is 0 Å². The van der Waals surface area contributed by atoms with Gasteiger partial charge < -0.3 is 0 Å². The van der Waals surface area contributed by atoms with Gasteiger partial charge in [0.15, 0.2) is 0 Å². The molecule has 0 aromatic heterocycles. The van der Waals surface area contributed by atoms with E-state index < -0.39 is 0 Å². The van der Waals surface area contributed by atoms with Crippen LogP contribution in [-0.4, -0.2) is 26.5 Å². The van der Waals surface area contributed by atoms with Gasteiger partial charge in [-0.1, -0.05) is 0 Å². The van der Waals surface area contributed by atoms with Crippen LogP contribution in [0.2, 0.25) is 0 Å². The van der Waals surface area contributed by atoms with Gasteiger partial charge in [-0.05, 0) is 0 Å². The van der Waals surface area contributed by atoms with Crippen molar-refractivity contribution in [2.24, 2.45) is 5.73 Å². The molecular weight excluding hydrogens is 196 g/mol. The van der Waals surface area contributed by atoms with Gasteiger partial charge in [-0.15, -0.1) is 0 Å². The zero-order chi connectivity index (χ0) is 5.91. The Kier molecular flexibility index (Phi) is 3.26. The van der Waals surface area contributed by atoms with Gasteiger partial charge in [0.1, 0.15) is 0 Å². The molecule has 0 atom stereocenters. The van der Waals surface area contributed by atoms with Gasteiger partial charge in [-0.25, -0.2) is 0 Å². The van der Waals surface area contributed by atoms with Crippen LogP contribution in [0.3, 0.4) is 0 Å². The molecule has 0 spiro atoms. The van der Waals surface area contributed by atoms with E-state index in [0.29, 0.717) is 0 Å². The second-order valence-electron chi connectivity index (χ2n) is 1.94. The van der Waals surface area contributed by atoms with Crippen molar-refractivity contribution in [2.45, 2.75) is 30.2 Å². The summed E-state index contributed by atoms with van der Waals surface area (Å²) in [7, 11) is 0. The molecular formula is C5H14NSb. The fraction of sp³-hybridized carbons (Fsp3) is 1.00. The molecule has 2 N–H and O–H groups in total. The molecule has 0 aliphatic heterocycles. The Labute approximate surface area is 59.1 Å². The second-order valence-corrected chi connectivity index (χ2v) is 5.22. The first-order valence-corrected chi connectivity index (χ1v) is 4.35. The van der Waals surface area contributed by atoms with Crippen LogP contribution in [0, 0.1) is 0 Å². The summed E-state index contributed by atoms with van der Waals surface area (Å²) in [6.07, 6.45) is 2.26. The summed E-state index contributed by atoms with van der Waals surface area (Å²) in [5.74, 6) is 0. The van der Waals surface area contributed by atoms with Crippen molar-refractivity contribution in [2.75, 3.05) is 0 Å². The Hall–Kier alpha value is 0.778. The Balaban J connectivity index is 3.36. The molecule has 0 aliphatic rings. The summed E-state index contributed by atoms with van der Waals surface area (Å²) in [6.45, 7) is 4.29. The first-order valence-electron chi connectivity index (χ1n) is 2.70. The molecule has 1 nitrogen and oxygen atoms in total. The summed E-state index contributed by atoms with van der Waals surface area (Å²) >= 11 is 1.19. The molecule has 0 aromatic rings. The normalized spacial score (nSPS) is 12.0. The molecule has 0 amide bonds. The molecule has 0 radical (unpaired) electrons. The number of rotatable bonds is 2. The van der Waals surface area contributed by atoms with E-state index in [1.807, 2.05) is 0 Å². The third kappa shape index (κ3) is 3.37. The van der Waals surface area contributed by atoms with E-state index in [-0.39, 0.29) is 3.49 Å². The summed E-state index contributed by atoms with van der Waals surface area (Å²) in [5.41, 5.74) is 5.77. The molecule has 44 valence electrons. The number of hydrogen-bond donors (Lipinski definition) is 1. The molecule has 2 heteroatoms. The monoisotopic (exact) mass is 209 g/mol. The van der Waals surface area contributed by atoms with Crippen LogP contribution >= 0.6 is 0 Å². The Morgan fingerprint density at radius 3 is 1.71 bits per heavy atom. The minimum absolute atomic E-state index is 0.213. The Bertz CT molecular complexity index is 46.0. The predicted octanol–water partition coefficient (Wildman–Crippen LogP) is 0.0945. The van der Waals surface area contributed by atoms with Crippen molar-refractivity contribution >= 4 is 23.0 Å². The van der Waals surface area contributed by atoms with Gasteiger partial charge in [-0.2, -0.15) is 0 Å². The maximum absolute atomic E-state index is 5.77. The van der Waals surface area contributed by atoms with Crippen LogP contribution in [0.4, 0.5) is 0 Å². The molecule has 0 bridgehead atoms. The van der Waals surface area contributed by atoms with Crippen molar-refractivity contribution in [3.63, 3.8) is 0 Å². The van der Waals surface area contributed by atoms with Crippen molar-refractivity contribution < 1.29 is 0 Å². The molecule has 0 fully saturated rings. The maximum atomic E-state index is 5.77. The van der Waals surface area contributed by atoms with E-state index in [1.54, 1.807) is 0 Å². The SMILES string of the molecule is CC[C](N)([SbH2])CC. The van der Waals surface area contributed by atoms with Gasteiger partial charge in [0.2, 0.25) is 0 Å². The number of hydrogen-bond acceptors (Lipinski definition) is 1. The summed E-state index contributed by atoms with van der Waals surface area (Å²) in [6, 6.07) is 0. The third-order valence-corrected chi connectivity index (χ3v) is 3.65. The molecule has 0 aliphatic carbocycles. The van der Waals surface area contributed by atoms with E-state index in [4.69, 9.17) is 5.73 Å². The fourth-order valence-electron chi connectivity index (χ4n) is 0.250. The van der Waals surface area contributed by atoms with E-state index in [9.17, 15) is 0 Å². The van der Waals surface area contributed by atoms with Crippen LogP contribution < -0.4 is 5.73 Å².